The molecule has 1 aromatic rings. The van der Waals surface area contributed by atoms with E-state index in [-0.39, 0.29) is 30.1 Å². The third kappa shape index (κ3) is 7.80. The molecule has 2 unspecified atom stereocenters. The number of rotatable bonds is 8. The number of guanidine groups is 1. The molecule has 1 aromatic carbocycles. The standard InChI is InChI=1S/C23H38N4O2.HI/c1-4-24-23(25-16-19(2)29-22-10-8-9-21(15-22)28-3)27-14-11-20(18-27)17-26-12-6-5-7-13-26;/h8-10,15,19-20H,4-7,11-14,16-18H2,1-3H3,(H,24,25);1H. The van der Waals surface area contributed by atoms with Crippen LogP contribution in [0.15, 0.2) is 29.3 Å². The predicted octanol–water partition coefficient (Wildman–Crippen LogP) is 3.85. The van der Waals surface area contributed by atoms with Crippen LogP contribution in [0.25, 0.3) is 0 Å². The number of piperidine rings is 1. The minimum Gasteiger partial charge on any atom is -0.497 e. The number of aliphatic imine (C=N–C) groups is 1. The Bertz CT molecular complexity index is 652. The number of hydrogen-bond acceptors (Lipinski definition) is 4. The maximum atomic E-state index is 6.03. The van der Waals surface area contributed by atoms with Crippen LogP contribution in [0.3, 0.4) is 0 Å². The molecule has 0 aliphatic carbocycles. The number of hydrogen-bond donors (Lipinski definition) is 1. The predicted molar refractivity (Wildman–Crippen MR) is 134 cm³/mol. The van der Waals surface area contributed by atoms with Crippen molar-refractivity contribution in [1.29, 1.82) is 0 Å². The first-order valence-corrected chi connectivity index (χ1v) is 11.2. The second-order valence-corrected chi connectivity index (χ2v) is 8.26. The lowest BCUT2D eigenvalue weighted by atomic mass is 10.1. The van der Waals surface area contributed by atoms with Crippen molar-refractivity contribution in [2.45, 2.75) is 45.6 Å². The summed E-state index contributed by atoms with van der Waals surface area (Å²) in [5.41, 5.74) is 0. The Labute approximate surface area is 199 Å². The molecule has 0 aromatic heterocycles. The summed E-state index contributed by atoms with van der Waals surface area (Å²) >= 11 is 0. The van der Waals surface area contributed by atoms with E-state index < -0.39 is 0 Å². The summed E-state index contributed by atoms with van der Waals surface area (Å²) in [5.74, 6) is 3.40. The normalized spacial score (nSPS) is 21.1. The summed E-state index contributed by atoms with van der Waals surface area (Å²) in [7, 11) is 1.67. The van der Waals surface area contributed by atoms with Crippen LogP contribution in [0.5, 0.6) is 11.5 Å². The molecule has 2 aliphatic heterocycles. The first kappa shape index (κ1) is 25.0. The second-order valence-electron chi connectivity index (χ2n) is 8.26. The minimum atomic E-state index is 0. The van der Waals surface area contributed by atoms with Gasteiger partial charge < -0.3 is 24.6 Å². The van der Waals surface area contributed by atoms with Crippen molar-refractivity contribution in [1.82, 2.24) is 15.1 Å². The lowest BCUT2D eigenvalue weighted by Crippen LogP contribution is -2.41. The van der Waals surface area contributed by atoms with E-state index in [1.54, 1.807) is 7.11 Å². The van der Waals surface area contributed by atoms with Gasteiger partial charge in [-0.2, -0.15) is 0 Å². The number of methoxy groups -OCH3 is 1. The average Bonchev–Trinajstić information content (AvgIpc) is 3.20. The van der Waals surface area contributed by atoms with Crippen molar-refractivity contribution in [3.05, 3.63) is 24.3 Å². The highest BCUT2D eigenvalue weighted by Crippen LogP contribution is 2.21. The van der Waals surface area contributed by atoms with Crippen molar-refractivity contribution in [2.24, 2.45) is 10.9 Å². The van der Waals surface area contributed by atoms with E-state index in [0.29, 0.717) is 6.54 Å². The van der Waals surface area contributed by atoms with Crippen LogP contribution >= 0.6 is 24.0 Å². The van der Waals surface area contributed by atoms with E-state index >= 15 is 0 Å². The summed E-state index contributed by atoms with van der Waals surface area (Å²) < 4.78 is 11.3. The van der Waals surface area contributed by atoms with Crippen LogP contribution in [-0.2, 0) is 0 Å². The van der Waals surface area contributed by atoms with E-state index in [1.807, 2.05) is 24.3 Å². The zero-order valence-electron chi connectivity index (χ0n) is 18.8. The number of ether oxygens (including phenoxy) is 2. The molecular formula is C23H39IN4O2. The lowest BCUT2D eigenvalue weighted by molar-refractivity contribution is 0.198. The van der Waals surface area contributed by atoms with Gasteiger partial charge in [0.2, 0.25) is 0 Å². The molecule has 0 amide bonds. The third-order valence-corrected chi connectivity index (χ3v) is 5.76. The first-order valence-electron chi connectivity index (χ1n) is 11.2. The molecule has 7 heteroatoms. The van der Waals surface area contributed by atoms with Crippen LogP contribution in [0, 0.1) is 5.92 Å². The van der Waals surface area contributed by atoms with Crippen molar-refractivity contribution in [3.8, 4) is 11.5 Å². The van der Waals surface area contributed by atoms with Gasteiger partial charge in [0, 0.05) is 32.2 Å². The maximum absolute atomic E-state index is 6.03. The molecule has 0 saturated carbocycles. The van der Waals surface area contributed by atoms with Crippen LogP contribution in [0.1, 0.15) is 39.5 Å². The molecule has 0 bridgehead atoms. The number of likely N-dealkylation sites (tertiary alicyclic amines) is 2. The summed E-state index contributed by atoms with van der Waals surface area (Å²) in [6, 6.07) is 7.74. The van der Waals surface area contributed by atoms with Crippen LogP contribution in [0.4, 0.5) is 0 Å². The van der Waals surface area contributed by atoms with E-state index in [0.717, 1.165) is 43.0 Å². The molecule has 2 atom stereocenters. The van der Waals surface area contributed by atoms with E-state index in [2.05, 4.69) is 29.0 Å². The summed E-state index contributed by atoms with van der Waals surface area (Å²) in [6.07, 6.45) is 5.40. The van der Waals surface area contributed by atoms with Gasteiger partial charge in [-0.15, -0.1) is 24.0 Å². The zero-order chi connectivity index (χ0) is 20.5. The van der Waals surface area contributed by atoms with Crippen LogP contribution < -0.4 is 14.8 Å². The fourth-order valence-corrected chi connectivity index (χ4v) is 4.27. The van der Waals surface area contributed by atoms with Gasteiger partial charge >= 0.3 is 0 Å². The Kier molecular flexibility index (Phi) is 11.1. The topological polar surface area (TPSA) is 49.3 Å². The molecule has 30 heavy (non-hydrogen) atoms. The molecule has 6 nitrogen and oxygen atoms in total. The van der Waals surface area contributed by atoms with Gasteiger partial charge in [-0.3, -0.25) is 0 Å². The van der Waals surface area contributed by atoms with Gasteiger partial charge in [0.15, 0.2) is 5.96 Å². The molecule has 2 saturated heterocycles. The number of halogens is 1. The molecule has 2 fully saturated rings. The van der Waals surface area contributed by atoms with Crippen LogP contribution in [0.2, 0.25) is 0 Å². The van der Waals surface area contributed by atoms with Crippen molar-refractivity contribution in [3.63, 3.8) is 0 Å². The molecule has 2 heterocycles. The highest BCUT2D eigenvalue weighted by Gasteiger charge is 2.27. The average molecular weight is 530 g/mol. The number of benzene rings is 1. The van der Waals surface area contributed by atoms with Gasteiger partial charge in [0.05, 0.1) is 13.7 Å². The van der Waals surface area contributed by atoms with Crippen molar-refractivity contribution in [2.75, 3.05) is 52.9 Å². The van der Waals surface area contributed by atoms with Gasteiger partial charge in [-0.25, -0.2) is 4.99 Å². The molecule has 170 valence electrons. The Hall–Kier alpha value is -1.22. The number of nitrogens with one attached hydrogen (secondary N) is 1. The fourth-order valence-electron chi connectivity index (χ4n) is 4.27. The third-order valence-electron chi connectivity index (χ3n) is 5.76. The first-order chi connectivity index (χ1) is 14.2. The van der Waals surface area contributed by atoms with E-state index in [9.17, 15) is 0 Å². The molecule has 0 spiro atoms. The minimum absolute atomic E-state index is 0. The quantitative estimate of drug-likeness (QED) is 0.315. The highest BCUT2D eigenvalue weighted by atomic mass is 127. The Balaban J connectivity index is 0.00000320. The Morgan fingerprint density at radius 2 is 1.97 bits per heavy atom. The number of nitrogens with zero attached hydrogens (tertiary/aromatic N) is 3. The largest absolute Gasteiger partial charge is 0.497 e. The van der Waals surface area contributed by atoms with Gasteiger partial charge in [-0.1, -0.05) is 12.5 Å². The van der Waals surface area contributed by atoms with Gasteiger partial charge in [0.25, 0.3) is 0 Å². The molecule has 1 N–H and O–H groups in total. The molecule has 0 radical (unpaired) electrons. The lowest BCUT2D eigenvalue weighted by Gasteiger charge is -2.29. The maximum Gasteiger partial charge on any atom is 0.194 e. The summed E-state index contributed by atoms with van der Waals surface area (Å²) in [6.45, 7) is 11.7. The second kappa shape index (κ2) is 13.2. The SMILES string of the molecule is CCNC(=NCC(C)Oc1cccc(OC)c1)N1CCC(CN2CCCCC2)C1.I. The van der Waals surface area contributed by atoms with Crippen LogP contribution in [-0.4, -0.2) is 74.8 Å². The fraction of sp³-hybridized carbons (Fsp3) is 0.696. The zero-order valence-corrected chi connectivity index (χ0v) is 21.1. The molecule has 3 rings (SSSR count). The van der Waals surface area contributed by atoms with Gasteiger partial charge in [-0.05, 0) is 64.3 Å². The van der Waals surface area contributed by atoms with Gasteiger partial charge in [0.1, 0.15) is 17.6 Å². The summed E-state index contributed by atoms with van der Waals surface area (Å²) in [5, 5.41) is 3.47. The Morgan fingerprint density at radius 3 is 2.70 bits per heavy atom. The monoisotopic (exact) mass is 530 g/mol. The van der Waals surface area contributed by atoms with E-state index in [4.69, 9.17) is 14.5 Å². The molecule has 2 aliphatic rings. The highest BCUT2D eigenvalue weighted by molar-refractivity contribution is 14.0. The summed E-state index contributed by atoms with van der Waals surface area (Å²) in [4.78, 5) is 9.96. The molecular weight excluding hydrogens is 491 g/mol. The smallest absolute Gasteiger partial charge is 0.194 e. The van der Waals surface area contributed by atoms with E-state index in [1.165, 1.54) is 45.3 Å². The Morgan fingerprint density at radius 1 is 1.20 bits per heavy atom. The van der Waals surface area contributed by atoms with Crippen molar-refractivity contribution < 1.29 is 9.47 Å². The van der Waals surface area contributed by atoms with Crippen molar-refractivity contribution >= 4 is 29.9 Å².